The van der Waals surface area contributed by atoms with Crippen LogP contribution >= 0.6 is 0 Å². The Kier molecular flexibility index (Phi) is 3.82. The van der Waals surface area contributed by atoms with E-state index in [1.54, 1.807) is 35.4 Å². The van der Waals surface area contributed by atoms with Crippen molar-refractivity contribution in [1.82, 2.24) is 30.3 Å². The molecule has 0 spiro atoms. The number of hydrogen-bond donors (Lipinski definition) is 1. The Balaban J connectivity index is 1.67. The molecule has 1 N–H and O–H groups in total. The van der Waals surface area contributed by atoms with E-state index in [4.69, 9.17) is 0 Å². The van der Waals surface area contributed by atoms with E-state index in [0.29, 0.717) is 5.69 Å². The molecule has 3 heterocycles. The van der Waals surface area contributed by atoms with E-state index < -0.39 is 11.7 Å². The van der Waals surface area contributed by atoms with Crippen molar-refractivity contribution in [3.05, 3.63) is 66.3 Å². The normalized spacial score (nSPS) is 10.4. The van der Waals surface area contributed by atoms with Crippen LogP contribution in [0.25, 0.3) is 5.69 Å². The molecule has 3 aromatic rings. The van der Waals surface area contributed by atoms with Crippen LogP contribution in [0.15, 0.2) is 49.2 Å². The zero-order valence-corrected chi connectivity index (χ0v) is 11.3. The lowest BCUT2D eigenvalue weighted by Gasteiger charge is -2.03. The first-order valence-electron chi connectivity index (χ1n) is 6.43. The van der Waals surface area contributed by atoms with E-state index >= 15 is 0 Å². The Morgan fingerprint density at radius 3 is 2.73 bits per heavy atom. The fourth-order valence-corrected chi connectivity index (χ4v) is 1.83. The zero-order chi connectivity index (χ0) is 15.4. The largest absolute Gasteiger partial charge is 0.346 e. The van der Waals surface area contributed by atoms with Gasteiger partial charge in [-0.1, -0.05) is 5.21 Å². The Morgan fingerprint density at radius 1 is 1.18 bits per heavy atom. The van der Waals surface area contributed by atoms with Crippen molar-refractivity contribution in [3.63, 3.8) is 0 Å². The summed E-state index contributed by atoms with van der Waals surface area (Å²) in [7, 11) is 0. The minimum Gasteiger partial charge on any atom is -0.346 e. The van der Waals surface area contributed by atoms with Crippen molar-refractivity contribution >= 4 is 5.91 Å². The van der Waals surface area contributed by atoms with Gasteiger partial charge in [0.25, 0.3) is 5.91 Å². The molecule has 0 aromatic carbocycles. The molecule has 0 saturated carbocycles. The highest BCUT2D eigenvalue weighted by molar-refractivity contribution is 5.94. The smallest absolute Gasteiger partial charge is 0.254 e. The molecule has 0 aliphatic heterocycles. The molecule has 3 aromatic heterocycles. The van der Waals surface area contributed by atoms with Crippen LogP contribution in [0.2, 0.25) is 0 Å². The number of carbonyl (C=O) groups excluding carboxylic acids is 1. The molecule has 1 amide bonds. The number of pyridine rings is 2. The molecule has 22 heavy (non-hydrogen) atoms. The third-order valence-electron chi connectivity index (χ3n) is 2.92. The lowest BCUT2D eigenvalue weighted by molar-refractivity contribution is 0.0946. The first-order chi connectivity index (χ1) is 10.7. The highest BCUT2D eigenvalue weighted by Gasteiger charge is 2.11. The number of nitrogens with one attached hydrogen (secondary N) is 1. The van der Waals surface area contributed by atoms with E-state index in [0.717, 1.165) is 11.9 Å². The molecule has 8 heteroatoms. The molecular formula is C14H11FN6O. The van der Waals surface area contributed by atoms with Crippen LogP contribution in [-0.4, -0.2) is 30.9 Å². The van der Waals surface area contributed by atoms with Gasteiger partial charge >= 0.3 is 0 Å². The van der Waals surface area contributed by atoms with Crippen LogP contribution in [0, 0.1) is 5.82 Å². The van der Waals surface area contributed by atoms with E-state index in [2.05, 4.69) is 25.6 Å². The maximum atomic E-state index is 13.4. The molecule has 0 saturated heterocycles. The van der Waals surface area contributed by atoms with Crippen LogP contribution in [0.4, 0.5) is 4.39 Å². The molecule has 0 aliphatic rings. The molecule has 3 rings (SSSR count). The molecule has 0 atom stereocenters. The first-order valence-corrected chi connectivity index (χ1v) is 6.43. The lowest BCUT2D eigenvalue weighted by Crippen LogP contribution is -2.24. The summed E-state index contributed by atoms with van der Waals surface area (Å²) in [5, 5.41) is 10.5. The van der Waals surface area contributed by atoms with Crippen LogP contribution < -0.4 is 5.32 Å². The van der Waals surface area contributed by atoms with Crippen molar-refractivity contribution in [1.29, 1.82) is 0 Å². The summed E-state index contributed by atoms with van der Waals surface area (Å²) in [5.41, 5.74) is 1.30. The average Bonchev–Trinajstić information content (AvgIpc) is 3.03. The summed E-state index contributed by atoms with van der Waals surface area (Å²) >= 11 is 0. The summed E-state index contributed by atoms with van der Waals surface area (Å²) in [6.45, 7) is 0.145. The summed E-state index contributed by atoms with van der Waals surface area (Å²) in [5.74, 6) is -1.20. The second kappa shape index (κ2) is 6.08. The van der Waals surface area contributed by atoms with Crippen molar-refractivity contribution in [2.45, 2.75) is 6.54 Å². The number of aromatic nitrogens is 5. The van der Waals surface area contributed by atoms with Gasteiger partial charge in [-0.3, -0.25) is 14.8 Å². The fourth-order valence-electron chi connectivity index (χ4n) is 1.83. The number of halogens is 1. The third kappa shape index (κ3) is 2.95. The van der Waals surface area contributed by atoms with Gasteiger partial charge in [-0.2, -0.15) is 0 Å². The maximum Gasteiger partial charge on any atom is 0.254 e. The van der Waals surface area contributed by atoms with E-state index in [-0.39, 0.29) is 12.1 Å². The topological polar surface area (TPSA) is 85.6 Å². The Hall–Kier alpha value is -3.16. The van der Waals surface area contributed by atoms with Gasteiger partial charge in [0.05, 0.1) is 30.2 Å². The number of hydrogen-bond acceptors (Lipinski definition) is 5. The summed E-state index contributed by atoms with van der Waals surface area (Å²) in [6.07, 6.45) is 7.32. The Labute approximate surface area is 124 Å². The molecule has 0 aliphatic carbocycles. The van der Waals surface area contributed by atoms with Crippen molar-refractivity contribution in [2.75, 3.05) is 0 Å². The maximum absolute atomic E-state index is 13.4. The van der Waals surface area contributed by atoms with Gasteiger partial charge in [0.15, 0.2) is 5.82 Å². The predicted molar refractivity (Wildman–Crippen MR) is 74.5 cm³/mol. The van der Waals surface area contributed by atoms with E-state index in [1.807, 2.05) is 0 Å². The van der Waals surface area contributed by atoms with Crippen molar-refractivity contribution in [2.24, 2.45) is 0 Å². The van der Waals surface area contributed by atoms with Crippen molar-refractivity contribution < 1.29 is 9.18 Å². The highest BCUT2D eigenvalue weighted by atomic mass is 19.1. The van der Waals surface area contributed by atoms with Crippen molar-refractivity contribution in [3.8, 4) is 5.69 Å². The average molecular weight is 298 g/mol. The van der Waals surface area contributed by atoms with Crippen LogP contribution in [0.5, 0.6) is 0 Å². The number of amides is 1. The fraction of sp³-hybridized carbons (Fsp3) is 0.0714. The van der Waals surface area contributed by atoms with Gasteiger partial charge in [-0.25, -0.2) is 9.07 Å². The van der Waals surface area contributed by atoms with Gasteiger partial charge < -0.3 is 5.32 Å². The minimum absolute atomic E-state index is 0.0588. The minimum atomic E-state index is -0.666. The van der Waals surface area contributed by atoms with Gasteiger partial charge in [0, 0.05) is 18.6 Å². The highest BCUT2D eigenvalue weighted by Crippen LogP contribution is 2.06. The summed E-state index contributed by atoms with van der Waals surface area (Å²) in [4.78, 5) is 19.4. The Morgan fingerprint density at radius 2 is 1.95 bits per heavy atom. The molecule has 7 nitrogen and oxygen atoms in total. The van der Waals surface area contributed by atoms with Gasteiger partial charge in [0.2, 0.25) is 0 Å². The molecule has 110 valence electrons. The SMILES string of the molecule is O=C(NCc1cn(-c2ccncc2)nn1)c1ccncc1F. The van der Waals surface area contributed by atoms with Crippen LogP contribution in [0.1, 0.15) is 16.1 Å². The third-order valence-corrected chi connectivity index (χ3v) is 2.92. The second-order valence-electron chi connectivity index (χ2n) is 4.40. The Bertz CT molecular complexity index is 789. The molecular weight excluding hydrogens is 287 g/mol. The van der Waals surface area contributed by atoms with Crippen LogP contribution in [0.3, 0.4) is 0 Å². The standard InChI is InChI=1S/C14H11FN6O/c15-13-8-17-6-3-12(13)14(22)18-7-10-9-21(20-19-10)11-1-4-16-5-2-11/h1-6,8-9H,7H2,(H,18,22). The molecule has 0 radical (unpaired) electrons. The van der Waals surface area contributed by atoms with Gasteiger partial charge in [0.1, 0.15) is 5.69 Å². The number of carbonyl (C=O) groups is 1. The monoisotopic (exact) mass is 298 g/mol. The van der Waals surface area contributed by atoms with Gasteiger partial charge in [-0.15, -0.1) is 5.10 Å². The molecule has 0 fully saturated rings. The predicted octanol–water partition coefficient (Wildman–Crippen LogP) is 1.13. The molecule has 0 bridgehead atoms. The first kappa shape index (κ1) is 13.8. The van der Waals surface area contributed by atoms with Crippen LogP contribution in [-0.2, 0) is 6.54 Å². The second-order valence-corrected chi connectivity index (χ2v) is 4.40. The zero-order valence-electron chi connectivity index (χ0n) is 11.3. The quantitative estimate of drug-likeness (QED) is 0.780. The molecule has 0 unspecified atom stereocenters. The number of rotatable bonds is 4. The lowest BCUT2D eigenvalue weighted by atomic mass is 10.2. The number of nitrogens with zero attached hydrogens (tertiary/aromatic N) is 5. The van der Waals surface area contributed by atoms with E-state index in [9.17, 15) is 9.18 Å². The summed E-state index contributed by atoms with van der Waals surface area (Å²) in [6, 6.07) is 4.88. The van der Waals surface area contributed by atoms with E-state index in [1.165, 1.54) is 12.3 Å². The van der Waals surface area contributed by atoms with Gasteiger partial charge in [-0.05, 0) is 18.2 Å². The summed E-state index contributed by atoms with van der Waals surface area (Å²) < 4.78 is 15.0.